The van der Waals surface area contributed by atoms with E-state index in [1.165, 1.54) is 6.20 Å². The molecule has 0 unspecified atom stereocenters. The van der Waals surface area contributed by atoms with Crippen molar-refractivity contribution in [1.29, 1.82) is 0 Å². The minimum absolute atomic E-state index is 0.182. The Kier molecular flexibility index (Phi) is 11.7. The zero-order valence-electron chi connectivity index (χ0n) is 20.9. The summed E-state index contributed by atoms with van der Waals surface area (Å²) >= 11 is 6.28. The first-order valence-electron chi connectivity index (χ1n) is 11.3. The maximum atomic E-state index is 12.7. The first kappa shape index (κ1) is 29.0. The normalized spacial score (nSPS) is 9.97. The first-order valence-corrected chi connectivity index (χ1v) is 11.7. The van der Waals surface area contributed by atoms with Crippen LogP contribution in [0.5, 0.6) is 0 Å². The molecule has 0 saturated carbocycles. The smallest absolute Gasteiger partial charge is 0.292 e. The topological polar surface area (TPSA) is 128 Å². The van der Waals surface area contributed by atoms with Crippen LogP contribution >= 0.6 is 11.6 Å². The van der Waals surface area contributed by atoms with Crippen LogP contribution in [-0.4, -0.2) is 60.2 Å². The highest BCUT2D eigenvalue weighted by atomic mass is 35.5. The van der Waals surface area contributed by atoms with Gasteiger partial charge in [0.2, 0.25) is 12.4 Å². The van der Waals surface area contributed by atoms with Gasteiger partial charge in [0.1, 0.15) is 5.02 Å². The average Bonchev–Trinajstić information content (AvgIpc) is 2.86. The third-order valence-corrected chi connectivity index (χ3v) is 4.84. The Morgan fingerprint density at radius 1 is 1.08 bits per heavy atom. The van der Waals surface area contributed by atoms with E-state index in [1.807, 2.05) is 25.9 Å². The number of carbonyl (C=O) groups is 3. The van der Waals surface area contributed by atoms with Crippen molar-refractivity contribution in [3.8, 4) is 0 Å². The summed E-state index contributed by atoms with van der Waals surface area (Å²) in [6.45, 7) is 6.21. The summed E-state index contributed by atoms with van der Waals surface area (Å²) in [6, 6.07) is 13.6. The van der Waals surface area contributed by atoms with E-state index in [1.54, 1.807) is 54.6 Å². The fraction of sp³-hybridized carbons (Fsp3) is 0.192. The molecule has 0 spiro atoms. The van der Waals surface area contributed by atoms with Gasteiger partial charge in [-0.1, -0.05) is 35.9 Å². The van der Waals surface area contributed by atoms with Crippen molar-refractivity contribution in [2.24, 2.45) is 0 Å². The number of likely N-dealkylation sites (N-methyl/N-ethyl adjacent to an activating group) is 1. The number of hydrogen-bond acceptors (Lipinski definition) is 8. The molecule has 0 radical (unpaired) electrons. The number of para-hydroxylation sites is 1. The predicted octanol–water partition coefficient (Wildman–Crippen LogP) is 4.24. The molecular weight excluding hydrogens is 494 g/mol. The lowest BCUT2D eigenvalue weighted by atomic mass is 10.1. The van der Waals surface area contributed by atoms with E-state index in [0.29, 0.717) is 36.6 Å². The maximum Gasteiger partial charge on any atom is 0.292 e. The molecule has 2 amide bonds. The van der Waals surface area contributed by atoms with Crippen LogP contribution in [0.4, 0.5) is 28.8 Å². The highest BCUT2D eigenvalue weighted by Crippen LogP contribution is 2.27. The Labute approximate surface area is 221 Å². The average molecular weight is 524 g/mol. The van der Waals surface area contributed by atoms with E-state index in [9.17, 15) is 14.4 Å². The van der Waals surface area contributed by atoms with Crippen molar-refractivity contribution in [2.45, 2.75) is 6.92 Å². The van der Waals surface area contributed by atoms with E-state index in [0.717, 1.165) is 0 Å². The fourth-order valence-corrected chi connectivity index (χ4v) is 3.05. The number of nitrogens with zero attached hydrogens (tertiary/aromatic N) is 3. The van der Waals surface area contributed by atoms with Crippen LogP contribution in [0.2, 0.25) is 5.02 Å². The molecule has 1 heterocycles. The van der Waals surface area contributed by atoms with E-state index in [4.69, 9.17) is 11.6 Å². The van der Waals surface area contributed by atoms with Crippen molar-refractivity contribution in [2.75, 3.05) is 43.1 Å². The van der Waals surface area contributed by atoms with Gasteiger partial charge in [-0.3, -0.25) is 14.4 Å². The van der Waals surface area contributed by atoms with Gasteiger partial charge >= 0.3 is 0 Å². The highest BCUT2D eigenvalue weighted by Gasteiger charge is 2.20. The summed E-state index contributed by atoms with van der Waals surface area (Å²) in [4.78, 5) is 46.2. The Morgan fingerprint density at radius 3 is 2.49 bits per heavy atom. The Balaban J connectivity index is 0.00000153. The zero-order valence-corrected chi connectivity index (χ0v) is 21.7. The molecule has 3 rings (SSSR count). The quantitative estimate of drug-likeness (QED) is 0.127. The number of amides is 2. The van der Waals surface area contributed by atoms with Crippen molar-refractivity contribution >= 4 is 58.5 Å². The zero-order chi connectivity index (χ0) is 27.2. The molecule has 11 heteroatoms. The number of allylic oxidation sites excluding steroid dienone is 1. The van der Waals surface area contributed by atoms with Gasteiger partial charge in [0.25, 0.3) is 11.7 Å². The molecule has 37 heavy (non-hydrogen) atoms. The monoisotopic (exact) mass is 523 g/mol. The number of rotatable bonds is 11. The number of nitrogens with one attached hydrogen (secondary N) is 4. The van der Waals surface area contributed by atoms with Crippen molar-refractivity contribution < 1.29 is 14.4 Å². The summed E-state index contributed by atoms with van der Waals surface area (Å²) in [7, 11) is 3.75. The number of anilines is 5. The minimum Gasteiger partial charge on any atom is -0.348 e. The van der Waals surface area contributed by atoms with Crippen LogP contribution < -0.4 is 21.3 Å². The van der Waals surface area contributed by atoms with Crippen molar-refractivity contribution in [3.05, 3.63) is 78.0 Å². The fourth-order valence-electron chi connectivity index (χ4n) is 2.91. The van der Waals surface area contributed by atoms with Crippen LogP contribution in [0.1, 0.15) is 17.3 Å². The van der Waals surface area contributed by atoms with Crippen LogP contribution in [0.25, 0.3) is 0 Å². The van der Waals surface area contributed by atoms with Gasteiger partial charge in [0, 0.05) is 24.5 Å². The summed E-state index contributed by atoms with van der Waals surface area (Å²) in [5.74, 6) is -0.893. The number of halogens is 1. The van der Waals surface area contributed by atoms with Gasteiger partial charge in [0.05, 0.1) is 17.4 Å². The molecule has 0 aliphatic rings. The number of hydrogen-bond donors (Lipinski definition) is 4. The first-order chi connectivity index (χ1) is 17.8. The molecule has 0 saturated heterocycles. The van der Waals surface area contributed by atoms with E-state index in [-0.39, 0.29) is 22.4 Å². The lowest BCUT2D eigenvalue weighted by molar-refractivity contribution is -0.117. The highest BCUT2D eigenvalue weighted by molar-refractivity contribution is 6.44. The number of aromatic nitrogens is 2. The second-order valence-corrected chi connectivity index (χ2v) is 8.23. The number of benzene rings is 2. The molecule has 194 valence electrons. The SMILES string of the molecule is C=CC.CN(C)CCNC(=O)C(=O)c1ccccc1Nc1nc(Nc2cccc(NC=O)c2)ncc1Cl. The molecule has 3 aromatic rings. The molecule has 0 bridgehead atoms. The van der Waals surface area contributed by atoms with Gasteiger partial charge in [-0.25, -0.2) is 4.98 Å². The molecule has 0 fully saturated rings. The van der Waals surface area contributed by atoms with Crippen LogP contribution in [0.15, 0.2) is 67.4 Å². The molecule has 0 atom stereocenters. The standard InChI is InChI=1S/C23H24ClN7O3.C3H6/c1-31(2)11-10-25-22(34)20(33)17-8-3-4-9-19(17)29-21-18(24)13-26-23(30-21)28-16-7-5-6-15(12-16)27-14-32;1-3-2/h3-9,12-14H,10-11H2,1-2H3,(H,25,34)(H,27,32)(H2,26,28,29,30);3H,1H2,2H3. The third kappa shape index (κ3) is 9.36. The molecule has 10 nitrogen and oxygen atoms in total. The summed E-state index contributed by atoms with van der Waals surface area (Å²) < 4.78 is 0. The van der Waals surface area contributed by atoms with Crippen molar-refractivity contribution in [1.82, 2.24) is 20.2 Å². The van der Waals surface area contributed by atoms with E-state index < -0.39 is 11.7 Å². The van der Waals surface area contributed by atoms with Crippen LogP contribution in [-0.2, 0) is 9.59 Å². The molecule has 0 aliphatic carbocycles. The Hall–Kier alpha value is -4.28. The van der Waals surface area contributed by atoms with E-state index in [2.05, 4.69) is 37.8 Å². The van der Waals surface area contributed by atoms with Gasteiger partial charge in [-0.15, -0.1) is 6.58 Å². The lowest BCUT2D eigenvalue weighted by Gasteiger charge is -2.14. The summed E-state index contributed by atoms with van der Waals surface area (Å²) in [5, 5.41) is 11.5. The predicted molar refractivity (Wildman–Crippen MR) is 148 cm³/mol. The van der Waals surface area contributed by atoms with Gasteiger partial charge in [-0.05, 0) is 51.4 Å². The van der Waals surface area contributed by atoms with Gasteiger partial charge in [-0.2, -0.15) is 4.98 Å². The summed E-state index contributed by atoms with van der Waals surface area (Å²) in [6.07, 6.45) is 3.74. The van der Waals surface area contributed by atoms with E-state index >= 15 is 0 Å². The Morgan fingerprint density at radius 2 is 1.78 bits per heavy atom. The van der Waals surface area contributed by atoms with Crippen LogP contribution in [0.3, 0.4) is 0 Å². The summed E-state index contributed by atoms with van der Waals surface area (Å²) in [5.41, 5.74) is 1.80. The molecular formula is C26H30ClN7O3. The minimum atomic E-state index is -0.698. The second kappa shape index (κ2) is 15.0. The number of Topliss-reactive ketones (excluding diaryl/α,β-unsaturated/α-hetero) is 1. The molecule has 1 aromatic heterocycles. The van der Waals surface area contributed by atoms with Gasteiger partial charge in [0.15, 0.2) is 5.82 Å². The maximum absolute atomic E-state index is 12.7. The van der Waals surface area contributed by atoms with Crippen molar-refractivity contribution in [3.63, 3.8) is 0 Å². The number of carbonyl (C=O) groups excluding carboxylic acids is 3. The second-order valence-electron chi connectivity index (χ2n) is 7.83. The third-order valence-electron chi connectivity index (χ3n) is 4.56. The molecule has 2 aromatic carbocycles. The Bertz CT molecular complexity index is 1230. The lowest BCUT2D eigenvalue weighted by Crippen LogP contribution is -2.36. The number of ketones is 1. The largest absolute Gasteiger partial charge is 0.348 e. The molecule has 4 N–H and O–H groups in total. The molecule has 0 aliphatic heterocycles. The van der Waals surface area contributed by atoms with Gasteiger partial charge < -0.3 is 26.2 Å². The van der Waals surface area contributed by atoms with Crippen LogP contribution in [0, 0.1) is 0 Å².